The summed E-state index contributed by atoms with van der Waals surface area (Å²) in [5, 5.41) is 1.58. The van der Waals surface area contributed by atoms with Crippen LogP contribution in [-0.4, -0.2) is 5.25 Å². The van der Waals surface area contributed by atoms with Crippen LogP contribution in [0.25, 0.3) is 0 Å². The van der Waals surface area contributed by atoms with Gasteiger partial charge in [0.25, 0.3) is 0 Å². The first-order chi connectivity index (χ1) is 7.31. The fourth-order valence-electron chi connectivity index (χ4n) is 2.03. The van der Waals surface area contributed by atoms with Gasteiger partial charge >= 0.3 is 0 Å². The highest BCUT2D eigenvalue weighted by molar-refractivity contribution is 8.00. The Morgan fingerprint density at radius 2 is 2.07 bits per heavy atom. The van der Waals surface area contributed by atoms with Crippen LogP contribution in [0.15, 0.2) is 23.1 Å². The minimum atomic E-state index is 0.536. The molecule has 1 saturated carbocycles. The van der Waals surface area contributed by atoms with E-state index in [9.17, 15) is 0 Å². The van der Waals surface area contributed by atoms with Crippen LogP contribution >= 0.6 is 23.4 Å². The highest BCUT2D eigenvalue weighted by Gasteiger charge is 2.17. The van der Waals surface area contributed by atoms with Crippen LogP contribution in [-0.2, 0) is 6.54 Å². The van der Waals surface area contributed by atoms with Gasteiger partial charge in [0, 0.05) is 21.7 Å². The molecule has 2 rings (SSSR count). The molecule has 1 aromatic carbocycles. The van der Waals surface area contributed by atoms with Gasteiger partial charge in [-0.25, -0.2) is 0 Å². The summed E-state index contributed by atoms with van der Waals surface area (Å²) in [5.74, 6) is 0. The summed E-state index contributed by atoms with van der Waals surface area (Å²) in [6, 6.07) is 6.07. The maximum absolute atomic E-state index is 6.12. The number of rotatable bonds is 3. The molecule has 0 saturated heterocycles. The molecule has 2 N–H and O–H groups in total. The molecule has 15 heavy (non-hydrogen) atoms. The summed E-state index contributed by atoms with van der Waals surface area (Å²) in [4.78, 5) is 1.27. The summed E-state index contributed by atoms with van der Waals surface area (Å²) >= 11 is 8.07. The van der Waals surface area contributed by atoms with Crippen molar-refractivity contribution in [3.63, 3.8) is 0 Å². The van der Waals surface area contributed by atoms with E-state index in [0.29, 0.717) is 6.54 Å². The molecular weight excluding hydrogens is 226 g/mol. The number of halogens is 1. The zero-order valence-electron chi connectivity index (χ0n) is 8.71. The summed E-state index contributed by atoms with van der Waals surface area (Å²) in [7, 11) is 0. The third-order valence-corrected chi connectivity index (χ3v) is 4.67. The monoisotopic (exact) mass is 241 g/mol. The van der Waals surface area contributed by atoms with Crippen LogP contribution in [0.5, 0.6) is 0 Å². The Morgan fingerprint density at radius 1 is 1.33 bits per heavy atom. The average molecular weight is 242 g/mol. The molecule has 1 aliphatic carbocycles. The molecule has 0 radical (unpaired) electrons. The molecule has 1 aliphatic rings. The van der Waals surface area contributed by atoms with E-state index in [2.05, 4.69) is 6.07 Å². The molecule has 1 aromatic rings. The lowest BCUT2D eigenvalue weighted by Gasteiger charge is -2.13. The van der Waals surface area contributed by atoms with E-state index in [4.69, 9.17) is 17.3 Å². The predicted octanol–water partition coefficient (Wildman–Crippen LogP) is 3.83. The summed E-state index contributed by atoms with van der Waals surface area (Å²) in [6.07, 6.45) is 5.41. The van der Waals surface area contributed by atoms with Crippen LogP contribution < -0.4 is 5.73 Å². The van der Waals surface area contributed by atoms with Gasteiger partial charge in [-0.2, -0.15) is 0 Å². The largest absolute Gasteiger partial charge is 0.326 e. The minimum absolute atomic E-state index is 0.536. The highest BCUT2D eigenvalue weighted by atomic mass is 35.5. The van der Waals surface area contributed by atoms with Crippen LogP contribution in [0.4, 0.5) is 0 Å². The lowest BCUT2D eigenvalue weighted by molar-refractivity contribution is 0.886. The second kappa shape index (κ2) is 5.24. The molecule has 3 heteroatoms. The molecule has 0 heterocycles. The topological polar surface area (TPSA) is 26.0 Å². The average Bonchev–Trinajstić information content (AvgIpc) is 2.71. The Bertz CT molecular complexity index is 334. The predicted molar refractivity (Wildman–Crippen MR) is 67.5 cm³/mol. The zero-order chi connectivity index (χ0) is 10.7. The van der Waals surface area contributed by atoms with E-state index < -0.39 is 0 Å². The zero-order valence-corrected chi connectivity index (χ0v) is 10.3. The van der Waals surface area contributed by atoms with Crippen molar-refractivity contribution >= 4 is 23.4 Å². The molecule has 0 amide bonds. The van der Waals surface area contributed by atoms with Crippen LogP contribution in [0, 0.1) is 0 Å². The Morgan fingerprint density at radius 3 is 2.73 bits per heavy atom. The Labute approximate surface area is 100 Å². The molecule has 0 aliphatic heterocycles. The van der Waals surface area contributed by atoms with E-state index in [1.165, 1.54) is 30.6 Å². The van der Waals surface area contributed by atoms with Crippen LogP contribution in [0.2, 0.25) is 5.02 Å². The number of thioether (sulfide) groups is 1. The van der Waals surface area contributed by atoms with Gasteiger partial charge in [0.15, 0.2) is 0 Å². The van der Waals surface area contributed by atoms with Gasteiger partial charge in [0.2, 0.25) is 0 Å². The standard InChI is InChI=1S/C12H16ClNS/c13-11-6-3-7-12(10(11)8-14)15-9-4-1-2-5-9/h3,6-7,9H,1-2,4-5,8,14H2. The SMILES string of the molecule is NCc1c(Cl)cccc1SC1CCCC1. The second-order valence-electron chi connectivity index (χ2n) is 3.94. The van der Waals surface area contributed by atoms with Gasteiger partial charge in [-0.3, -0.25) is 0 Å². The van der Waals surface area contributed by atoms with E-state index in [0.717, 1.165) is 15.8 Å². The molecule has 0 spiro atoms. The maximum atomic E-state index is 6.12. The van der Waals surface area contributed by atoms with Crippen molar-refractivity contribution in [3.05, 3.63) is 28.8 Å². The molecule has 1 fully saturated rings. The van der Waals surface area contributed by atoms with Crippen LogP contribution in [0.1, 0.15) is 31.2 Å². The van der Waals surface area contributed by atoms with Gasteiger partial charge in [-0.05, 0) is 30.5 Å². The Balaban J connectivity index is 2.15. The minimum Gasteiger partial charge on any atom is -0.326 e. The third-order valence-electron chi connectivity index (χ3n) is 2.88. The summed E-state index contributed by atoms with van der Waals surface area (Å²) in [5.41, 5.74) is 6.84. The van der Waals surface area contributed by atoms with E-state index in [1.807, 2.05) is 23.9 Å². The quantitative estimate of drug-likeness (QED) is 0.871. The maximum Gasteiger partial charge on any atom is 0.0462 e. The fraction of sp³-hybridized carbons (Fsp3) is 0.500. The fourth-order valence-corrected chi connectivity index (χ4v) is 3.76. The Kier molecular flexibility index (Phi) is 3.95. The number of hydrogen-bond donors (Lipinski definition) is 1. The van der Waals surface area contributed by atoms with Crippen molar-refractivity contribution in [2.45, 2.75) is 42.4 Å². The summed E-state index contributed by atoms with van der Waals surface area (Å²) in [6.45, 7) is 0.536. The van der Waals surface area contributed by atoms with Gasteiger partial charge in [-0.1, -0.05) is 30.5 Å². The lowest BCUT2D eigenvalue weighted by atomic mass is 10.2. The van der Waals surface area contributed by atoms with Gasteiger partial charge < -0.3 is 5.73 Å². The van der Waals surface area contributed by atoms with Gasteiger partial charge in [0.05, 0.1) is 0 Å². The molecule has 1 nitrogen and oxygen atoms in total. The van der Waals surface area contributed by atoms with E-state index >= 15 is 0 Å². The number of benzene rings is 1. The van der Waals surface area contributed by atoms with Crippen molar-refractivity contribution in [1.29, 1.82) is 0 Å². The van der Waals surface area contributed by atoms with E-state index in [-0.39, 0.29) is 0 Å². The smallest absolute Gasteiger partial charge is 0.0462 e. The molecule has 0 aromatic heterocycles. The van der Waals surface area contributed by atoms with Gasteiger partial charge in [0.1, 0.15) is 0 Å². The first kappa shape index (κ1) is 11.3. The first-order valence-electron chi connectivity index (χ1n) is 5.45. The van der Waals surface area contributed by atoms with Crippen molar-refractivity contribution in [2.24, 2.45) is 5.73 Å². The van der Waals surface area contributed by atoms with Crippen LogP contribution in [0.3, 0.4) is 0 Å². The van der Waals surface area contributed by atoms with Crippen molar-refractivity contribution in [3.8, 4) is 0 Å². The first-order valence-corrected chi connectivity index (χ1v) is 6.71. The molecule has 82 valence electrons. The molecular formula is C12H16ClNS. The Hall–Kier alpha value is -0.180. The summed E-state index contributed by atoms with van der Waals surface area (Å²) < 4.78 is 0. The molecule has 0 unspecified atom stereocenters. The van der Waals surface area contributed by atoms with Crippen molar-refractivity contribution < 1.29 is 0 Å². The highest BCUT2D eigenvalue weighted by Crippen LogP contribution is 2.37. The number of hydrogen-bond acceptors (Lipinski definition) is 2. The van der Waals surface area contributed by atoms with Gasteiger partial charge in [-0.15, -0.1) is 11.8 Å². The van der Waals surface area contributed by atoms with Crippen molar-refractivity contribution in [2.75, 3.05) is 0 Å². The second-order valence-corrected chi connectivity index (χ2v) is 5.69. The van der Waals surface area contributed by atoms with E-state index in [1.54, 1.807) is 0 Å². The normalized spacial score (nSPS) is 17.2. The molecule has 0 atom stereocenters. The lowest BCUT2D eigenvalue weighted by Crippen LogP contribution is -2.02. The van der Waals surface area contributed by atoms with Crippen molar-refractivity contribution in [1.82, 2.24) is 0 Å². The number of nitrogens with two attached hydrogens (primary N) is 1. The molecule has 0 bridgehead atoms. The third kappa shape index (κ3) is 2.68.